The Balaban J connectivity index is 1.67. The van der Waals surface area contributed by atoms with Crippen LogP contribution < -0.4 is 87.2 Å². The molecule has 3 rings (SSSR count). The highest BCUT2D eigenvalue weighted by atomic mass is 16.4. The van der Waals surface area contributed by atoms with E-state index in [4.69, 9.17) is 33.8 Å². The van der Waals surface area contributed by atoms with Crippen molar-refractivity contribution in [3.05, 3.63) is 18.2 Å². The molecule has 0 unspecified atom stereocenters. The Morgan fingerprint density at radius 2 is 1.07 bits per heavy atom. The van der Waals surface area contributed by atoms with Crippen LogP contribution in [0.4, 0.5) is 0 Å². The summed E-state index contributed by atoms with van der Waals surface area (Å²) in [4.78, 5) is 222. The largest absolute Gasteiger partial charge is 0.481 e. The molecule has 40 nitrogen and oxygen atoms in total. The van der Waals surface area contributed by atoms with E-state index in [9.17, 15) is 86.9 Å². The van der Waals surface area contributed by atoms with Crippen molar-refractivity contribution in [3.8, 4) is 0 Å². The predicted octanol–water partition coefficient (Wildman–Crippen LogP) is -10.2. The van der Waals surface area contributed by atoms with Crippen LogP contribution in [-0.4, -0.2) is 255 Å². The van der Waals surface area contributed by atoms with Crippen molar-refractivity contribution in [1.82, 2.24) is 78.3 Å². The highest BCUT2D eigenvalue weighted by molar-refractivity contribution is 5.99. The first kappa shape index (κ1) is 80.1. The van der Waals surface area contributed by atoms with Gasteiger partial charge in [-0.3, -0.25) is 76.9 Å². The van der Waals surface area contributed by atoms with Gasteiger partial charge in [0.1, 0.15) is 54.4 Å². The summed E-state index contributed by atoms with van der Waals surface area (Å²) in [6.45, 7) is 1.60. The molecule has 2 saturated heterocycles. The molecule has 2 fully saturated rings. The average Bonchev–Trinajstić information content (AvgIpc) is 1.66. The number of hydrogen-bond acceptors (Lipinski definition) is 21. The zero-order valence-corrected chi connectivity index (χ0v) is 53.6. The predicted molar refractivity (Wildman–Crippen MR) is 334 cm³/mol. The summed E-state index contributed by atoms with van der Waals surface area (Å²) >= 11 is 0. The van der Waals surface area contributed by atoms with Crippen LogP contribution >= 0.6 is 0 Å². The van der Waals surface area contributed by atoms with E-state index in [1.807, 2.05) is 0 Å². The molecule has 534 valence electrons. The van der Waals surface area contributed by atoms with Crippen LogP contribution in [0.25, 0.3) is 0 Å². The summed E-state index contributed by atoms with van der Waals surface area (Å²) < 4.78 is 0. The molecule has 0 bridgehead atoms. The molecular weight excluding hydrogens is 1270 g/mol. The van der Waals surface area contributed by atoms with E-state index < -0.39 is 206 Å². The summed E-state index contributed by atoms with van der Waals surface area (Å²) in [6, 6.07) is -12.7. The lowest BCUT2D eigenvalue weighted by Crippen LogP contribution is -2.59. The van der Waals surface area contributed by atoms with E-state index in [1.54, 1.807) is 13.8 Å². The van der Waals surface area contributed by atoms with E-state index in [-0.39, 0.29) is 70.7 Å². The summed E-state index contributed by atoms with van der Waals surface area (Å²) in [5.41, 5.74) is 27.7. The molecule has 3 heterocycles. The van der Waals surface area contributed by atoms with Crippen LogP contribution in [0.3, 0.4) is 0 Å². The van der Waals surface area contributed by atoms with Crippen LogP contribution in [0.2, 0.25) is 0 Å². The first-order valence-corrected chi connectivity index (χ1v) is 31.0. The molecule has 2 aliphatic rings. The molecule has 14 amide bonds. The molecule has 0 radical (unpaired) electrons. The molecule has 0 aliphatic carbocycles. The highest BCUT2D eigenvalue weighted by Crippen LogP contribution is 2.20. The Bertz CT molecular complexity index is 2950. The van der Waals surface area contributed by atoms with Gasteiger partial charge >= 0.3 is 11.9 Å². The van der Waals surface area contributed by atoms with Crippen LogP contribution in [0.15, 0.2) is 17.5 Å². The number of unbranched alkanes of at least 4 members (excludes halogenated alkanes) is 1. The molecule has 10 atom stereocenters. The van der Waals surface area contributed by atoms with Crippen molar-refractivity contribution in [1.29, 1.82) is 0 Å². The molecule has 1 aromatic rings. The molecule has 96 heavy (non-hydrogen) atoms. The summed E-state index contributed by atoms with van der Waals surface area (Å²) in [5.74, 6) is -16.2. The number of aromatic amines is 1. The smallest absolute Gasteiger partial charge is 0.326 e. The number of aliphatic carboxylic acids is 2. The highest BCUT2D eigenvalue weighted by Gasteiger charge is 2.40. The number of primary amides is 1. The van der Waals surface area contributed by atoms with Crippen LogP contribution in [-0.2, 0) is 83.1 Å². The van der Waals surface area contributed by atoms with Crippen LogP contribution in [0.1, 0.15) is 104 Å². The number of carboxylic acid groups (broad SMARTS) is 2. The Hall–Kier alpha value is -10.1. The maximum Gasteiger partial charge on any atom is 0.326 e. The van der Waals surface area contributed by atoms with Gasteiger partial charge in [0.15, 0.2) is 5.96 Å². The number of carboxylic acids is 2. The Kier molecular flexibility index (Phi) is 34.1. The molecule has 2 aliphatic heterocycles. The maximum absolute atomic E-state index is 14.0. The van der Waals surface area contributed by atoms with Crippen molar-refractivity contribution < 1.29 is 92.0 Å². The third kappa shape index (κ3) is 27.8. The van der Waals surface area contributed by atoms with Crippen LogP contribution in [0.5, 0.6) is 0 Å². The van der Waals surface area contributed by atoms with E-state index >= 15 is 0 Å². The van der Waals surface area contributed by atoms with Gasteiger partial charge in [-0.05, 0) is 83.6 Å². The van der Waals surface area contributed by atoms with Crippen LogP contribution in [0, 0.1) is 5.92 Å². The fourth-order valence-electron chi connectivity index (χ4n) is 10.0. The number of likely N-dealkylation sites (tertiary alicyclic amines) is 2. The van der Waals surface area contributed by atoms with Gasteiger partial charge in [-0.25, -0.2) is 9.78 Å². The summed E-state index contributed by atoms with van der Waals surface area (Å²) in [7, 11) is 0. The van der Waals surface area contributed by atoms with E-state index in [2.05, 4.69) is 73.4 Å². The average molecular weight is 1360 g/mol. The van der Waals surface area contributed by atoms with Gasteiger partial charge in [0.05, 0.1) is 51.6 Å². The first-order chi connectivity index (χ1) is 45.4. The van der Waals surface area contributed by atoms with Gasteiger partial charge in [-0.2, -0.15) is 0 Å². The van der Waals surface area contributed by atoms with Crippen molar-refractivity contribution in [2.45, 2.75) is 165 Å². The monoisotopic (exact) mass is 1360 g/mol. The Labute approximate surface area is 550 Å². The number of rotatable bonds is 42. The lowest BCUT2D eigenvalue weighted by atomic mass is 10.0. The number of carbonyl (C=O) groups is 16. The Morgan fingerprint density at radius 3 is 1.58 bits per heavy atom. The maximum atomic E-state index is 14.0. The molecule has 40 heteroatoms. The number of aliphatic hydroxyl groups excluding tert-OH is 1. The lowest BCUT2D eigenvalue weighted by molar-refractivity contribution is -0.143. The number of nitrogens with two attached hydrogens (primary N) is 5. The standard InChI is InChI=1S/C56H91N21O19/c1-28(2)45(74-51(91)36-11-7-17-76(36)42(83)21-58)53(93)67-26-43(84)77-18-8-12-37(77)52(92)75-46(29(3)78)54(94)66-25-39(80)69-32(9-4-5-15-57)49(89)73-34(19-30-22-62-27-68-30)48(88)65-24-41(82)71-35(20-38(59)79)50(90)72-31(10-6-16-63-56(60)61)47(87)64-23-40(81)70-33(55(95)96)13-14-44(85)86/h22,27-29,31-37,45-46,78H,4-21,23-26,57-58H2,1-3H3,(H2,59,79)(H,62,68)(H,64,87)(H,65,88)(H,66,94)(H,67,93)(H,69,80)(H,70,81)(H,71,82)(H,72,90)(H,73,89)(H,74,91)(H,75,92)(H,85,86)(H,95,96)(H4,60,61,63)/t29-,31+,32+,33+,34+,35+,36+,37+,45+,46+/m1/s1. The minimum Gasteiger partial charge on any atom is -0.481 e. The van der Waals surface area contributed by atoms with Crippen molar-refractivity contribution >= 4 is 101 Å². The number of aliphatic hydroxyl groups is 1. The minimum atomic E-state index is -1.80. The second kappa shape index (κ2) is 40.9. The van der Waals surface area contributed by atoms with Gasteiger partial charge in [0, 0.05) is 44.4 Å². The zero-order chi connectivity index (χ0) is 71.8. The van der Waals surface area contributed by atoms with E-state index in [0.717, 1.165) is 0 Å². The zero-order valence-electron chi connectivity index (χ0n) is 53.6. The third-order valence-electron chi connectivity index (χ3n) is 15.0. The molecule has 0 spiro atoms. The van der Waals surface area contributed by atoms with Crippen molar-refractivity contribution in [2.24, 2.45) is 39.6 Å². The number of guanidine groups is 1. The number of carbonyl (C=O) groups excluding carboxylic acids is 14. The lowest BCUT2D eigenvalue weighted by Gasteiger charge is -2.29. The number of aliphatic imine (C=N–C) groups is 1. The summed E-state index contributed by atoms with van der Waals surface area (Å²) in [6.07, 6.45) is 0.553. The number of nitrogens with zero attached hydrogens (tertiary/aromatic N) is 4. The van der Waals surface area contributed by atoms with Gasteiger partial charge in [0.2, 0.25) is 82.7 Å². The second-order valence-corrected chi connectivity index (χ2v) is 23.0. The molecule has 0 saturated carbocycles. The number of imidazole rings is 1. The number of amides is 14. The molecule has 0 aromatic carbocycles. The van der Waals surface area contributed by atoms with Gasteiger partial charge in [-0.15, -0.1) is 0 Å². The Morgan fingerprint density at radius 1 is 0.583 bits per heavy atom. The number of hydrogen-bond donors (Lipinski definition) is 20. The van der Waals surface area contributed by atoms with Crippen molar-refractivity contribution in [2.75, 3.05) is 58.9 Å². The molecular formula is C56H91N21O19. The van der Waals surface area contributed by atoms with Crippen molar-refractivity contribution in [3.63, 3.8) is 0 Å². The number of aromatic nitrogens is 2. The second-order valence-electron chi connectivity index (χ2n) is 23.0. The fraction of sp³-hybridized carbons (Fsp3) is 0.643. The SMILES string of the molecule is CC(C)[C@H](NC(=O)[C@@H]1CCCN1C(=O)CN)C(=O)NCC(=O)N1CCC[C@H]1C(=O)N[C@H](C(=O)NCC(=O)N[C@@H](CCCCN)C(=O)N[C@@H](Cc1cnc[nH]1)C(=O)NCC(=O)N[C@@H](CC(N)=O)C(=O)N[C@@H](CCCN=C(N)N)C(=O)NCC(=O)N[C@@H](CCC(=O)O)C(=O)O)[C@@H](C)O. The normalized spacial score (nSPS) is 16.6. The first-order valence-electron chi connectivity index (χ1n) is 31.0. The fourth-order valence-corrected chi connectivity index (χ4v) is 10.0. The quantitative estimate of drug-likeness (QED) is 0.0164. The topological polar surface area (TPSA) is 644 Å². The van der Waals surface area contributed by atoms with E-state index in [0.29, 0.717) is 37.9 Å². The number of H-pyrrole nitrogens is 1. The molecule has 1 aromatic heterocycles. The third-order valence-corrected chi connectivity index (χ3v) is 15.0. The molecule has 25 N–H and O–H groups in total. The summed E-state index contributed by atoms with van der Waals surface area (Å²) in [5, 5.41) is 55.0. The van der Waals surface area contributed by atoms with Gasteiger partial charge in [-0.1, -0.05) is 13.8 Å². The van der Waals surface area contributed by atoms with Gasteiger partial charge < -0.3 is 117 Å². The van der Waals surface area contributed by atoms with Gasteiger partial charge in [0.25, 0.3) is 0 Å². The minimum absolute atomic E-state index is 0.0264. The van der Waals surface area contributed by atoms with E-state index in [1.165, 1.54) is 29.2 Å². The number of nitrogens with one attached hydrogen (secondary N) is 12.